The van der Waals surface area contributed by atoms with Crippen molar-refractivity contribution < 1.29 is 19.2 Å². The fourth-order valence-electron chi connectivity index (χ4n) is 3.79. The largest absolute Gasteiger partial charge is 0.370 e. The first-order valence-corrected chi connectivity index (χ1v) is 9.26. The fraction of sp³-hybridized carbons (Fsp3) is 0.778. The first-order chi connectivity index (χ1) is 12.1. The Bertz CT molecular complexity index is 527. The first kappa shape index (κ1) is 21.9. The summed E-state index contributed by atoms with van der Waals surface area (Å²) in [5.74, 6) is -3.80. The van der Waals surface area contributed by atoms with E-state index in [1.165, 1.54) is 6.42 Å². The molecule has 26 heavy (non-hydrogen) atoms. The molecule has 7 N–H and O–H groups in total. The van der Waals surface area contributed by atoms with E-state index in [9.17, 15) is 19.2 Å². The van der Waals surface area contributed by atoms with E-state index in [0.29, 0.717) is 11.8 Å². The van der Waals surface area contributed by atoms with Gasteiger partial charge in [0.1, 0.15) is 0 Å². The molecule has 2 unspecified atom stereocenters. The van der Waals surface area contributed by atoms with Gasteiger partial charge in [-0.15, -0.1) is 0 Å². The molecule has 0 aromatic carbocycles. The Morgan fingerprint density at radius 1 is 0.885 bits per heavy atom. The van der Waals surface area contributed by atoms with Crippen molar-refractivity contribution in [2.75, 3.05) is 0 Å². The summed E-state index contributed by atoms with van der Waals surface area (Å²) in [7, 11) is 0. The topological polar surface area (TPSA) is 158 Å². The maximum atomic E-state index is 12.3. The van der Waals surface area contributed by atoms with Gasteiger partial charge in [0.2, 0.25) is 23.6 Å². The minimum absolute atomic E-state index is 0.0580. The summed E-state index contributed by atoms with van der Waals surface area (Å²) < 4.78 is 0. The zero-order chi connectivity index (χ0) is 19.9. The normalized spacial score (nSPS) is 22.4. The monoisotopic (exact) mass is 368 g/mol. The zero-order valence-electron chi connectivity index (χ0n) is 15.7. The molecule has 0 aromatic rings. The molecule has 1 rings (SSSR count). The Labute approximate surface area is 154 Å². The van der Waals surface area contributed by atoms with Crippen LogP contribution >= 0.6 is 0 Å². The summed E-state index contributed by atoms with van der Waals surface area (Å²) >= 11 is 0. The smallest absolute Gasteiger partial charge is 0.221 e. The van der Waals surface area contributed by atoms with Crippen molar-refractivity contribution in [1.29, 1.82) is 0 Å². The molecule has 1 saturated carbocycles. The molecular weight excluding hydrogens is 336 g/mol. The molecule has 2 atom stereocenters. The van der Waals surface area contributed by atoms with Gasteiger partial charge in [-0.05, 0) is 43.9 Å². The predicted octanol–water partition coefficient (Wildman–Crippen LogP) is 0.176. The molecule has 0 aromatic heterocycles. The second-order valence-electron chi connectivity index (χ2n) is 7.81. The molecule has 4 amide bonds. The highest BCUT2D eigenvalue weighted by Crippen LogP contribution is 2.29. The molecule has 0 aliphatic heterocycles. The molecule has 1 aliphatic rings. The lowest BCUT2D eigenvalue weighted by atomic mass is 9.81. The fourth-order valence-corrected chi connectivity index (χ4v) is 3.79. The number of carbonyl (C=O) groups excluding carboxylic acids is 4. The van der Waals surface area contributed by atoms with E-state index in [-0.39, 0.29) is 18.4 Å². The van der Waals surface area contributed by atoms with Crippen LogP contribution in [0.2, 0.25) is 0 Å². The highest BCUT2D eigenvalue weighted by Gasteiger charge is 2.34. The minimum Gasteiger partial charge on any atom is -0.370 e. The van der Waals surface area contributed by atoms with E-state index in [0.717, 1.165) is 25.7 Å². The van der Waals surface area contributed by atoms with Gasteiger partial charge in [-0.3, -0.25) is 19.2 Å². The predicted molar refractivity (Wildman–Crippen MR) is 97.1 cm³/mol. The van der Waals surface area contributed by atoms with Gasteiger partial charge in [0.25, 0.3) is 0 Å². The molecule has 0 spiro atoms. The Morgan fingerprint density at radius 2 is 1.38 bits per heavy atom. The number of primary amides is 3. The third-order valence-electron chi connectivity index (χ3n) is 5.06. The van der Waals surface area contributed by atoms with Gasteiger partial charge >= 0.3 is 0 Å². The van der Waals surface area contributed by atoms with Gasteiger partial charge in [0.05, 0.1) is 11.8 Å². The quantitative estimate of drug-likeness (QED) is 0.433. The molecule has 1 aliphatic carbocycles. The van der Waals surface area contributed by atoms with Crippen LogP contribution in [0.15, 0.2) is 0 Å². The van der Waals surface area contributed by atoms with Gasteiger partial charge in [-0.25, -0.2) is 0 Å². The third kappa shape index (κ3) is 7.41. The van der Waals surface area contributed by atoms with Crippen LogP contribution in [0.1, 0.15) is 58.8 Å². The van der Waals surface area contributed by atoms with E-state index < -0.39 is 36.0 Å². The Hall–Kier alpha value is -2.12. The minimum atomic E-state index is -1.17. The van der Waals surface area contributed by atoms with Crippen molar-refractivity contribution in [1.82, 2.24) is 5.32 Å². The number of amides is 4. The second-order valence-corrected chi connectivity index (χ2v) is 7.81. The van der Waals surface area contributed by atoms with Crippen molar-refractivity contribution in [2.24, 2.45) is 40.9 Å². The summed E-state index contributed by atoms with van der Waals surface area (Å²) in [5.41, 5.74) is 15.7. The standard InChI is InChI=1S/C18H32N4O4/c1-10(2)7-11-3-5-12(6-4-11)22-16(24)9-14(18(21)26)13(17(20)25)8-15(19)23/h10-14H,3-9H2,1-2H3,(H2,19,23)(H2,20,25)(H2,21,26)(H,22,24). The van der Waals surface area contributed by atoms with Crippen LogP contribution in [0.25, 0.3) is 0 Å². The lowest BCUT2D eigenvalue weighted by Gasteiger charge is -2.30. The number of nitrogens with one attached hydrogen (secondary N) is 1. The maximum absolute atomic E-state index is 12.3. The molecular formula is C18H32N4O4. The summed E-state index contributed by atoms with van der Waals surface area (Å²) in [4.78, 5) is 46.7. The van der Waals surface area contributed by atoms with Crippen molar-refractivity contribution in [2.45, 2.75) is 64.8 Å². The van der Waals surface area contributed by atoms with Crippen molar-refractivity contribution in [3.63, 3.8) is 0 Å². The second kappa shape index (κ2) is 10.1. The summed E-state index contributed by atoms with van der Waals surface area (Å²) in [6, 6.07) is 0.0580. The van der Waals surface area contributed by atoms with Crippen LogP contribution in [0.5, 0.6) is 0 Å². The number of carbonyl (C=O) groups is 4. The number of hydrogen-bond acceptors (Lipinski definition) is 4. The van der Waals surface area contributed by atoms with Gasteiger partial charge in [-0.2, -0.15) is 0 Å². The van der Waals surface area contributed by atoms with Crippen LogP contribution in [-0.2, 0) is 19.2 Å². The van der Waals surface area contributed by atoms with E-state index >= 15 is 0 Å². The van der Waals surface area contributed by atoms with Crippen LogP contribution in [0.4, 0.5) is 0 Å². The molecule has 0 saturated heterocycles. The summed E-state index contributed by atoms with van der Waals surface area (Å²) in [5, 5.41) is 2.91. The first-order valence-electron chi connectivity index (χ1n) is 9.26. The van der Waals surface area contributed by atoms with Crippen LogP contribution in [0, 0.1) is 23.7 Å². The highest BCUT2D eigenvalue weighted by atomic mass is 16.2. The Morgan fingerprint density at radius 3 is 1.81 bits per heavy atom. The van der Waals surface area contributed by atoms with Crippen LogP contribution in [-0.4, -0.2) is 29.7 Å². The molecule has 148 valence electrons. The Kier molecular flexibility index (Phi) is 8.54. The van der Waals surface area contributed by atoms with Gasteiger partial charge in [0.15, 0.2) is 0 Å². The van der Waals surface area contributed by atoms with E-state index in [2.05, 4.69) is 19.2 Å². The Balaban J connectivity index is 2.59. The number of rotatable bonds is 10. The van der Waals surface area contributed by atoms with E-state index in [4.69, 9.17) is 17.2 Å². The van der Waals surface area contributed by atoms with Gasteiger partial charge in [-0.1, -0.05) is 13.8 Å². The summed E-state index contributed by atoms with van der Waals surface area (Å²) in [6.07, 6.45) is 4.42. The van der Waals surface area contributed by atoms with E-state index in [1.807, 2.05) is 0 Å². The van der Waals surface area contributed by atoms with E-state index in [1.54, 1.807) is 0 Å². The van der Waals surface area contributed by atoms with Crippen LogP contribution in [0.3, 0.4) is 0 Å². The van der Waals surface area contributed by atoms with Crippen LogP contribution < -0.4 is 22.5 Å². The average Bonchev–Trinajstić information content (AvgIpc) is 2.51. The van der Waals surface area contributed by atoms with Crippen molar-refractivity contribution in [3.05, 3.63) is 0 Å². The molecule has 8 heteroatoms. The van der Waals surface area contributed by atoms with Gasteiger partial charge < -0.3 is 22.5 Å². The number of nitrogens with two attached hydrogens (primary N) is 3. The SMILES string of the molecule is CC(C)CC1CCC(NC(=O)CC(C(N)=O)C(CC(N)=O)C(N)=O)CC1. The average molecular weight is 368 g/mol. The van der Waals surface area contributed by atoms with Gasteiger partial charge in [0, 0.05) is 18.9 Å². The molecule has 8 nitrogen and oxygen atoms in total. The molecule has 0 bridgehead atoms. The van der Waals surface area contributed by atoms with Crippen molar-refractivity contribution >= 4 is 23.6 Å². The zero-order valence-corrected chi connectivity index (χ0v) is 15.7. The molecule has 0 heterocycles. The summed E-state index contributed by atoms with van der Waals surface area (Å²) in [6.45, 7) is 4.41. The lowest BCUT2D eigenvalue weighted by molar-refractivity contribution is -0.137. The molecule has 1 fully saturated rings. The highest BCUT2D eigenvalue weighted by molar-refractivity contribution is 5.92. The van der Waals surface area contributed by atoms with Crippen molar-refractivity contribution in [3.8, 4) is 0 Å². The lowest BCUT2D eigenvalue weighted by Crippen LogP contribution is -2.44. The maximum Gasteiger partial charge on any atom is 0.221 e. The number of hydrogen-bond donors (Lipinski definition) is 4. The third-order valence-corrected chi connectivity index (χ3v) is 5.06. The molecule has 0 radical (unpaired) electrons.